The van der Waals surface area contributed by atoms with Crippen molar-refractivity contribution in [1.29, 1.82) is 0 Å². The maximum absolute atomic E-state index is 11.9. The van der Waals surface area contributed by atoms with E-state index in [1.54, 1.807) is 19.4 Å². The third kappa shape index (κ3) is 2.23. The lowest BCUT2D eigenvalue weighted by molar-refractivity contribution is 0.415. The van der Waals surface area contributed by atoms with Crippen molar-refractivity contribution in [3.8, 4) is 17.1 Å². The van der Waals surface area contributed by atoms with Gasteiger partial charge in [-0.15, -0.1) is 0 Å². The van der Waals surface area contributed by atoms with E-state index in [1.165, 1.54) is 4.57 Å². The minimum absolute atomic E-state index is 0.279. The van der Waals surface area contributed by atoms with Crippen LogP contribution in [0, 0.1) is 0 Å². The minimum atomic E-state index is -0.279. The highest BCUT2D eigenvalue weighted by Gasteiger charge is 2.12. The molecule has 20 heavy (non-hydrogen) atoms. The fraction of sp³-hybridized carbons (Fsp3) is 0.143. The van der Waals surface area contributed by atoms with E-state index in [-0.39, 0.29) is 5.69 Å². The molecule has 3 rings (SSSR count). The standard InChI is InChI=1S/C14H13N3O3/c1-19-11-5-2-4-10(8-11)13-15-16-14(18)17(13)9-12-6-3-7-20-12/h2-8H,9H2,1H3,(H,16,18). The summed E-state index contributed by atoms with van der Waals surface area (Å²) in [6, 6.07) is 11.0. The van der Waals surface area contributed by atoms with Crippen molar-refractivity contribution in [2.45, 2.75) is 6.54 Å². The van der Waals surface area contributed by atoms with Crippen molar-refractivity contribution < 1.29 is 9.15 Å². The summed E-state index contributed by atoms with van der Waals surface area (Å²) in [5, 5.41) is 6.53. The first-order valence-corrected chi connectivity index (χ1v) is 6.10. The first kappa shape index (κ1) is 12.3. The lowest BCUT2D eigenvalue weighted by Crippen LogP contribution is -2.18. The molecule has 2 heterocycles. The third-order valence-electron chi connectivity index (χ3n) is 2.98. The van der Waals surface area contributed by atoms with Crippen LogP contribution < -0.4 is 10.4 Å². The molecule has 0 radical (unpaired) electrons. The van der Waals surface area contributed by atoms with Crippen LogP contribution in [0.3, 0.4) is 0 Å². The molecule has 0 aliphatic heterocycles. The van der Waals surface area contributed by atoms with Gasteiger partial charge in [0.2, 0.25) is 0 Å². The number of aromatic nitrogens is 3. The maximum Gasteiger partial charge on any atom is 0.344 e. The Balaban J connectivity index is 2.03. The van der Waals surface area contributed by atoms with E-state index in [0.29, 0.717) is 23.9 Å². The van der Waals surface area contributed by atoms with Crippen LogP contribution in [0.5, 0.6) is 5.75 Å². The Morgan fingerprint density at radius 3 is 3.00 bits per heavy atom. The largest absolute Gasteiger partial charge is 0.497 e. The van der Waals surface area contributed by atoms with Gasteiger partial charge in [-0.25, -0.2) is 9.89 Å². The van der Waals surface area contributed by atoms with Crippen LogP contribution in [0.1, 0.15) is 5.76 Å². The second kappa shape index (κ2) is 5.08. The summed E-state index contributed by atoms with van der Waals surface area (Å²) in [4.78, 5) is 11.9. The molecule has 3 aromatic rings. The van der Waals surface area contributed by atoms with Crippen LogP contribution >= 0.6 is 0 Å². The van der Waals surface area contributed by atoms with Gasteiger partial charge in [0.1, 0.15) is 11.5 Å². The predicted molar refractivity (Wildman–Crippen MR) is 72.6 cm³/mol. The molecule has 102 valence electrons. The summed E-state index contributed by atoms with van der Waals surface area (Å²) in [5.41, 5.74) is 0.522. The third-order valence-corrected chi connectivity index (χ3v) is 2.98. The van der Waals surface area contributed by atoms with Crippen molar-refractivity contribution >= 4 is 0 Å². The fourth-order valence-electron chi connectivity index (χ4n) is 2.01. The van der Waals surface area contributed by atoms with E-state index in [4.69, 9.17) is 9.15 Å². The lowest BCUT2D eigenvalue weighted by Gasteiger charge is -2.05. The Kier molecular flexibility index (Phi) is 3.12. The predicted octanol–water partition coefficient (Wildman–Crippen LogP) is 1.89. The summed E-state index contributed by atoms with van der Waals surface area (Å²) < 4.78 is 12.0. The zero-order valence-electron chi connectivity index (χ0n) is 10.9. The molecule has 0 bridgehead atoms. The van der Waals surface area contributed by atoms with Gasteiger partial charge in [0, 0.05) is 5.56 Å². The lowest BCUT2D eigenvalue weighted by atomic mass is 10.2. The maximum atomic E-state index is 11.9. The summed E-state index contributed by atoms with van der Waals surface area (Å²) >= 11 is 0. The van der Waals surface area contributed by atoms with E-state index in [9.17, 15) is 4.79 Å². The molecule has 0 amide bonds. The topological polar surface area (TPSA) is 73.0 Å². The highest BCUT2D eigenvalue weighted by atomic mass is 16.5. The van der Waals surface area contributed by atoms with Crippen molar-refractivity contribution in [3.05, 3.63) is 58.9 Å². The van der Waals surface area contributed by atoms with Gasteiger partial charge in [0.25, 0.3) is 0 Å². The van der Waals surface area contributed by atoms with Gasteiger partial charge < -0.3 is 9.15 Å². The molecular weight excluding hydrogens is 258 g/mol. The number of methoxy groups -OCH3 is 1. The quantitative estimate of drug-likeness (QED) is 0.786. The van der Waals surface area contributed by atoms with E-state index in [0.717, 1.165) is 5.56 Å². The second-order valence-corrected chi connectivity index (χ2v) is 4.25. The molecule has 0 saturated carbocycles. The molecule has 1 aromatic carbocycles. The number of nitrogens with zero attached hydrogens (tertiary/aromatic N) is 2. The molecule has 6 nitrogen and oxygen atoms in total. The molecule has 2 aromatic heterocycles. The van der Waals surface area contributed by atoms with E-state index >= 15 is 0 Å². The number of hydrogen-bond acceptors (Lipinski definition) is 4. The van der Waals surface area contributed by atoms with Crippen LogP contribution in [0.15, 0.2) is 51.9 Å². The molecule has 0 spiro atoms. The number of benzene rings is 1. The Morgan fingerprint density at radius 1 is 1.35 bits per heavy atom. The monoisotopic (exact) mass is 271 g/mol. The number of nitrogens with one attached hydrogen (secondary N) is 1. The van der Waals surface area contributed by atoms with Crippen LogP contribution in [0.2, 0.25) is 0 Å². The van der Waals surface area contributed by atoms with E-state index in [1.807, 2.05) is 30.3 Å². The van der Waals surface area contributed by atoms with Gasteiger partial charge in [0.05, 0.1) is 19.9 Å². The van der Waals surface area contributed by atoms with Crippen LogP contribution in [0.25, 0.3) is 11.4 Å². The van der Waals surface area contributed by atoms with Crippen molar-refractivity contribution in [2.24, 2.45) is 0 Å². The highest BCUT2D eigenvalue weighted by Crippen LogP contribution is 2.21. The average Bonchev–Trinajstić information content (AvgIpc) is 3.11. The van der Waals surface area contributed by atoms with Crippen LogP contribution in [0.4, 0.5) is 0 Å². The Morgan fingerprint density at radius 2 is 2.25 bits per heavy atom. The van der Waals surface area contributed by atoms with Gasteiger partial charge in [-0.3, -0.25) is 4.57 Å². The van der Waals surface area contributed by atoms with Crippen LogP contribution in [-0.4, -0.2) is 21.9 Å². The molecule has 6 heteroatoms. The zero-order valence-corrected chi connectivity index (χ0v) is 10.9. The number of ether oxygens (including phenoxy) is 1. The molecule has 0 unspecified atom stereocenters. The molecule has 0 aliphatic rings. The van der Waals surface area contributed by atoms with E-state index < -0.39 is 0 Å². The van der Waals surface area contributed by atoms with Crippen LogP contribution in [-0.2, 0) is 6.54 Å². The summed E-state index contributed by atoms with van der Waals surface area (Å²) in [6.45, 7) is 0.328. The number of hydrogen-bond donors (Lipinski definition) is 1. The summed E-state index contributed by atoms with van der Waals surface area (Å²) in [6.07, 6.45) is 1.58. The van der Waals surface area contributed by atoms with Gasteiger partial charge >= 0.3 is 5.69 Å². The first-order chi connectivity index (χ1) is 9.78. The molecule has 1 N–H and O–H groups in total. The Labute approximate surface area is 114 Å². The summed E-state index contributed by atoms with van der Waals surface area (Å²) in [7, 11) is 1.60. The average molecular weight is 271 g/mol. The smallest absolute Gasteiger partial charge is 0.344 e. The normalized spacial score (nSPS) is 10.7. The van der Waals surface area contributed by atoms with Gasteiger partial charge in [-0.2, -0.15) is 5.10 Å². The number of furan rings is 1. The number of aromatic amines is 1. The van der Waals surface area contributed by atoms with Crippen molar-refractivity contribution in [1.82, 2.24) is 14.8 Å². The molecule has 0 aliphatic carbocycles. The van der Waals surface area contributed by atoms with Gasteiger partial charge in [-0.1, -0.05) is 12.1 Å². The SMILES string of the molecule is COc1cccc(-c2n[nH]c(=O)n2Cc2ccco2)c1. The minimum Gasteiger partial charge on any atom is -0.497 e. The van der Waals surface area contributed by atoms with Crippen molar-refractivity contribution in [2.75, 3.05) is 7.11 Å². The Hall–Kier alpha value is -2.76. The molecular formula is C14H13N3O3. The van der Waals surface area contributed by atoms with E-state index in [2.05, 4.69) is 10.2 Å². The molecule has 0 saturated heterocycles. The first-order valence-electron chi connectivity index (χ1n) is 6.10. The molecule has 0 atom stereocenters. The van der Waals surface area contributed by atoms with Crippen molar-refractivity contribution in [3.63, 3.8) is 0 Å². The van der Waals surface area contributed by atoms with Gasteiger partial charge in [0.15, 0.2) is 5.82 Å². The Bertz CT molecular complexity index is 756. The number of H-pyrrole nitrogens is 1. The number of rotatable bonds is 4. The highest BCUT2D eigenvalue weighted by molar-refractivity contribution is 5.57. The van der Waals surface area contributed by atoms with Gasteiger partial charge in [-0.05, 0) is 24.3 Å². The molecule has 0 fully saturated rings. The fourth-order valence-corrected chi connectivity index (χ4v) is 2.01. The zero-order chi connectivity index (χ0) is 13.9. The second-order valence-electron chi connectivity index (χ2n) is 4.25. The summed E-state index contributed by atoms with van der Waals surface area (Å²) in [5.74, 6) is 1.95.